The largest absolute Gasteiger partial charge is 0.425 e. The summed E-state index contributed by atoms with van der Waals surface area (Å²) in [6, 6.07) is 22.8. The molecule has 3 aromatic heterocycles. The Balaban J connectivity index is 0.000000143. The highest BCUT2D eigenvalue weighted by atomic mass is 19.4. The number of benzene rings is 6. The minimum absolute atomic E-state index is 0.117. The van der Waals surface area contributed by atoms with Gasteiger partial charge in [-0.05, 0) is 125 Å². The van der Waals surface area contributed by atoms with Crippen molar-refractivity contribution >= 4 is 0 Å². The Kier molecular flexibility index (Phi) is 14.2. The van der Waals surface area contributed by atoms with Crippen molar-refractivity contribution in [1.82, 2.24) is 29.5 Å². The smallest absolute Gasteiger partial charge is 0.372 e. The highest BCUT2D eigenvalue weighted by Gasteiger charge is 2.64. The lowest BCUT2D eigenvalue weighted by atomic mass is 9.85. The molecule has 3 N–H and O–H groups in total. The molecule has 9 nitrogen and oxygen atoms in total. The maximum Gasteiger partial charge on any atom is 0.425 e. The summed E-state index contributed by atoms with van der Waals surface area (Å²) in [6.45, 7) is 14.9. The molecule has 0 aliphatic heterocycles. The summed E-state index contributed by atoms with van der Waals surface area (Å²) < 4.78 is 129. The van der Waals surface area contributed by atoms with Gasteiger partial charge in [-0.15, -0.1) is 0 Å². The van der Waals surface area contributed by atoms with Crippen LogP contribution in [0.1, 0.15) is 80.6 Å². The first-order valence-electron chi connectivity index (χ1n) is 25.4. The van der Waals surface area contributed by atoms with Crippen molar-refractivity contribution in [1.29, 1.82) is 0 Å². The average molecular weight is 1100 g/mol. The molecular formula is C62H55F9N6O3. The van der Waals surface area contributed by atoms with Crippen LogP contribution in [0, 0.1) is 41.5 Å². The van der Waals surface area contributed by atoms with Crippen LogP contribution in [0.2, 0.25) is 0 Å². The Morgan fingerprint density at radius 1 is 0.388 bits per heavy atom. The molecule has 0 amide bonds. The minimum Gasteiger partial charge on any atom is -0.372 e. The highest BCUT2D eigenvalue weighted by molar-refractivity contribution is 5.97. The van der Waals surface area contributed by atoms with E-state index in [1.165, 1.54) is 60.9 Å². The van der Waals surface area contributed by atoms with Gasteiger partial charge in [-0.2, -0.15) is 49.7 Å². The van der Waals surface area contributed by atoms with E-state index in [2.05, 4.69) is 20.2 Å². The number of fused-ring (bicyclic) bond motifs is 9. The molecule has 9 aromatic rings. The lowest BCUT2D eigenvalue weighted by Gasteiger charge is -2.29. The standard InChI is InChI=1S/2C20H17F3N2O.C20H15F3N2O.C2H6/c2*1-11-8-16-18(17(12(11)2)13-9-24-25(3)10-13)14-6-4-5-7-15(14)19(16,26)20(21,22)23;1-11-7-16-18(17(12(11)2)13-8-24-10-25-9-13)14-5-3-4-6-15(14)19(16,26)20(21,22)23;1-2/h2*4-10,26H,1-3H3;3-10,26H,1-2H3;1-2H3. The van der Waals surface area contributed by atoms with Crippen molar-refractivity contribution in [2.24, 2.45) is 14.1 Å². The molecule has 0 radical (unpaired) electrons. The van der Waals surface area contributed by atoms with Crippen molar-refractivity contribution in [2.75, 3.05) is 0 Å². The number of alkyl halides is 9. The van der Waals surface area contributed by atoms with E-state index in [0.29, 0.717) is 72.3 Å². The monoisotopic (exact) mass is 1100 g/mol. The normalized spacial score (nSPS) is 18.3. The molecule has 80 heavy (non-hydrogen) atoms. The Hall–Kier alpha value is -7.93. The summed E-state index contributed by atoms with van der Waals surface area (Å²) in [5, 5.41) is 40.9. The van der Waals surface area contributed by atoms with E-state index in [1.807, 2.05) is 34.6 Å². The molecule has 414 valence electrons. The molecule has 12 rings (SSSR count). The van der Waals surface area contributed by atoms with Crippen molar-refractivity contribution in [2.45, 2.75) is 90.7 Å². The van der Waals surface area contributed by atoms with Crippen molar-refractivity contribution in [3.63, 3.8) is 0 Å². The van der Waals surface area contributed by atoms with Crippen LogP contribution in [0.4, 0.5) is 39.5 Å². The molecule has 0 fully saturated rings. The molecule has 3 heterocycles. The molecule has 6 aromatic carbocycles. The third-order valence-electron chi connectivity index (χ3n) is 15.5. The molecule has 0 spiro atoms. The Bertz CT molecular complexity index is 3720. The van der Waals surface area contributed by atoms with E-state index in [4.69, 9.17) is 0 Å². The van der Waals surface area contributed by atoms with Gasteiger partial charge in [-0.3, -0.25) is 9.36 Å². The first-order valence-corrected chi connectivity index (χ1v) is 25.4. The summed E-state index contributed by atoms with van der Waals surface area (Å²) >= 11 is 0. The molecule has 3 atom stereocenters. The van der Waals surface area contributed by atoms with Gasteiger partial charge in [0.25, 0.3) is 0 Å². The van der Waals surface area contributed by atoms with Crippen LogP contribution in [0.25, 0.3) is 66.8 Å². The molecule has 3 aliphatic rings. The Labute approximate surface area is 455 Å². The number of hydrogen-bond donors (Lipinski definition) is 3. The second-order valence-corrected chi connectivity index (χ2v) is 20.0. The topological polar surface area (TPSA) is 122 Å². The zero-order chi connectivity index (χ0) is 58.4. The second kappa shape index (κ2) is 20.0. The van der Waals surface area contributed by atoms with Crippen molar-refractivity contribution in [3.05, 3.63) is 201 Å². The van der Waals surface area contributed by atoms with Gasteiger partial charge < -0.3 is 15.3 Å². The van der Waals surface area contributed by atoms with E-state index < -0.39 is 35.3 Å². The van der Waals surface area contributed by atoms with Gasteiger partial charge in [-0.1, -0.05) is 105 Å². The molecule has 0 bridgehead atoms. The number of nitrogens with zero attached hydrogens (tertiary/aromatic N) is 6. The number of hydrogen-bond acceptors (Lipinski definition) is 7. The highest BCUT2D eigenvalue weighted by Crippen LogP contribution is 2.61. The lowest BCUT2D eigenvalue weighted by molar-refractivity contribution is -0.247. The fraction of sp³-hybridized carbons (Fsp3) is 0.258. The van der Waals surface area contributed by atoms with Crippen molar-refractivity contribution in [3.8, 4) is 66.8 Å². The van der Waals surface area contributed by atoms with Crippen molar-refractivity contribution < 1.29 is 54.8 Å². The fourth-order valence-corrected chi connectivity index (χ4v) is 11.5. The molecule has 3 unspecified atom stereocenters. The van der Waals surface area contributed by atoms with Crippen LogP contribution in [-0.2, 0) is 30.9 Å². The number of aryl methyl sites for hydroxylation is 5. The number of rotatable bonds is 3. The maximum atomic E-state index is 14.0. The van der Waals surface area contributed by atoms with Gasteiger partial charge in [-0.25, -0.2) is 9.97 Å². The SMILES string of the molecule is CC.Cc1cc2c(c(-c3cncnc3)c1C)-c1ccccc1C2(O)C(F)(F)F.Cc1cc2c(c(-c3cnn(C)c3)c1C)-c1ccccc1C2(O)C(F)(F)F.Cc1cc2c(c(-c3cnn(C)c3)c1C)-c1ccccc1C2(O)C(F)(F)F. The third-order valence-corrected chi connectivity index (χ3v) is 15.5. The van der Waals surface area contributed by atoms with Gasteiger partial charge in [0.05, 0.1) is 12.4 Å². The van der Waals surface area contributed by atoms with Crippen LogP contribution >= 0.6 is 0 Å². The zero-order valence-corrected chi connectivity index (χ0v) is 45.1. The number of aromatic nitrogens is 6. The van der Waals surface area contributed by atoms with E-state index >= 15 is 0 Å². The lowest BCUT2D eigenvalue weighted by Crippen LogP contribution is -2.41. The Morgan fingerprint density at radius 3 is 0.925 bits per heavy atom. The summed E-state index contributed by atoms with van der Waals surface area (Å²) in [5.74, 6) is 0. The molecule has 18 heteroatoms. The summed E-state index contributed by atoms with van der Waals surface area (Å²) in [4.78, 5) is 8.01. The van der Waals surface area contributed by atoms with E-state index in [1.54, 1.807) is 118 Å². The molecule has 0 saturated carbocycles. The fourth-order valence-electron chi connectivity index (χ4n) is 11.5. The molecule has 3 aliphatic carbocycles. The number of halogens is 9. The summed E-state index contributed by atoms with van der Waals surface area (Å²) in [5.41, 5.74) is 1.26. The van der Waals surface area contributed by atoms with Gasteiger partial charge in [0.15, 0.2) is 0 Å². The predicted octanol–water partition coefficient (Wildman–Crippen LogP) is 14.5. The average Bonchev–Trinajstić information content (AvgIpc) is 4.38. The van der Waals surface area contributed by atoms with Crippen LogP contribution in [0.3, 0.4) is 0 Å². The quantitative estimate of drug-likeness (QED) is 0.151. The van der Waals surface area contributed by atoms with Crippen LogP contribution in [-0.4, -0.2) is 63.4 Å². The van der Waals surface area contributed by atoms with Crippen LogP contribution < -0.4 is 0 Å². The molecule has 0 saturated heterocycles. The first kappa shape index (κ1) is 56.8. The summed E-state index contributed by atoms with van der Waals surface area (Å²) in [7, 11) is 3.52. The second-order valence-electron chi connectivity index (χ2n) is 20.0. The zero-order valence-electron chi connectivity index (χ0n) is 45.1. The van der Waals surface area contributed by atoms with Gasteiger partial charge in [0.2, 0.25) is 16.8 Å². The maximum absolute atomic E-state index is 14.0. The summed E-state index contributed by atoms with van der Waals surface area (Å²) in [6.07, 6.45) is -3.18. The van der Waals surface area contributed by atoms with Crippen LogP contribution in [0.5, 0.6) is 0 Å². The van der Waals surface area contributed by atoms with Crippen LogP contribution in [0.15, 0.2) is 135 Å². The predicted molar refractivity (Wildman–Crippen MR) is 288 cm³/mol. The molecular weight excluding hydrogens is 1050 g/mol. The Morgan fingerprint density at radius 2 is 0.662 bits per heavy atom. The van der Waals surface area contributed by atoms with Gasteiger partial charge in [0.1, 0.15) is 6.33 Å². The van der Waals surface area contributed by atoms with E-state index in [0.717, 1.165) is 27.8 Å². The van der Waals surface area contributed by atoms with E-state index in [-0.39, 0.29) is 33.4 Å². The van der Waals surface area contributed by atoms with Gasteiger partial charge >= 0.3 is 18.5 Å². The number of aliphatic hydroxyl groups is 3. The first-order chi connectivity index (χ1) is 37.6. The van der Waals surface area contributed by atoms with Gasteiger partial charge in [0, 0.05) is 89.0 Å². The van der Waals surface area contributed by atoms with E-state index in [9.17, 15) is 54.8 Å². The third kappa shape index (κ3) is 8.52. The minimum atomic E-state index is -4.85.